The number of hydrogen-bond donors (Lipinski definition) is 2. The van der Waals surface area contributed by atoms with Crippen LogP contribution in [0.4, 0.5) is 0 Å². The van der Waals surface area contributed by atoms with Crippen molar-refractivity contribution in [3.63, 3.8) is 0 Å². The molecule has 3 N–H and O–H groups in total. The molecule has 0 aromatic rings. The van der Waals surface area contributed by atoms with Crippen molar-refractivity contribution in [2.24, 2.45) is 5.84 Å². The topological polar surface area (TPSA) is 41.3 Å². The van der Waals surface area contributed by atoms with Gasteiger partial charge in [-0.05, 0) is 38.6 Å². The molecule has 2 rings (SSSR count). The van der Waals surface area contributed by atoms with Crippen molar-refractivity contribution < 1.29 is 0 Å². The van der Waals surface area contributed by atoms with Crippen LogP contribution in [0, 0.1) is 0 Å². The molecule has 2 heterocycles. The molecule has 2 aliphatic rings. The van der Waals surface area contributed by atoms with E-state index in [0.29, 0.717) is 6.04 Å². The quantitative estimate of drug-likeness (QED) is 0.528. The Bertz CT molecular complexity index is 169. The molecule has 2 bridgehead atoms. The van der Waals surface area contributed by atoms with Gasteiger partial charge in [0.25, 0.3) is 0 Å². The van der Waals surface area contributed by atoms with Crippen LogP contribution >= 0.6 is 0 Å². The number of hydrazine groups is 1. The van der Waals surface area contributed by atoms with Gasteiger partial charge < -0.3 is 0 Å². The monoisotopic (exact) mass is 197 g/mol. The molecule has 2 saturated heterocycles. The van der Waals surface area contributed by atoms with Crippen LogP contribution in [-0.2, 0) is 0 Å². The lowest BCUT2D eigenvalue weighted by Gasteiger charge is -2.48. The Hall–Kier alpha value is -0.120. The number of piperidine rings is 2. The van der Waals surface area contributed by atoms with E-state index >= 15 is 0 Å². The fourth-order valence-electron chi connectivity index (χ4n) is 3.24. The number of hydrogen-bond acceptors (Lipinski definition) is 3. The number of nitrogens with zero attached hydrogens (tertiary/aromatic N) is 1. The Morgan fingerprint density at radius 1 is 1.29 bits per heavy atom. The molecule has 0 unspecified atom stereocenters. The fraction of sp³-hybridized carbons (Fsp3) is 1.00. The maximum absolute atomic E-state index is 5.56. The van der Waals surface area contributed by atoms with Gasteiger partial charge in [0.1, 0.15) is 0 Å². The van der Waals surface area contributed by atoms with Crippen molar-refractivity contribution in [2.75, 3.05) is 6.54 Å². The third-order valence-corrected chi connectivity index (χ3v) is 3.84. The minimum atomic E-state index is 0.568. The summed E-state index contributed by atoms with van der Waals surface area (Å²) in [6.07, 6.45) is 7.99. The minimum absolute atomic E-state index is 0.568. The average Bonchev–Trinajstić information content (AvgIpc) is 2.17. The molecule has 14 heavy (non-hydrogen) atoms. The number of rotatable bonds is 3. The molecular weight excluding hydrogens is 174 g/mol. The lowest BCUT2D eigenvalue weighted by molar-refractivity contribution is 0.0248. The van der Waals surface area contributed by atoms with Crippen LogP contribution in [0.15, 0.2) is 0 Å². The molecule has 0 saturated carbocycles. The summed E-state index contributed by atoms with van der Waals surface area (Å²) in [6, 6.07) is 2.19. The van der Waals surface area contributed by atoms with Crippen molar-refractivity contribution in [2.45, 2.75) is 63.6 Å². The van der Waals surface area contributed by atoms with Crippen LogP contribution in [-0.4, -0.2) is 29.6 Å². The minimum Gasteiger partial charge on any atom is -0.297 e. The van der Waals surface area contributed by atoms with Crippen molar-refractivity contribution in [3.8, 4) is 0 Å². The Morgan fingerprint density at radius 3 is 2.43 bits per heavy atom. The first-order valence-electron chi connectivity index (χ1n) is 6.07. The Kier molecular flexibility index (Phi) is 3.42. The number of nitrogens with one attached hydrogen (secondary N) is 1. The summed E-state index contributed by atoms with van der Waals surface area (Å²) in [6.45, 7) is 3.57. The van der Waals surface area contributed by atoms with Gasteiger partial charge in [-0.2, -0.15) is 0 Å². The molecule has 2 aliphatic heterocycles. The van der Waals surface area contributed by atoms with Gasteiger partial charge in [0.2, 0.25) is 0 Å². The highest BCUT2D eigenvalue weighted by atomic mass is 15.3. The van der Waals surface area contributed by atoms with Gasteiger partial charge in [-0.25, -0.2) is 0 Å². The highest BCUT2D eigenvalue weighted by molar-refractivity contribution is 4.94. The van der Waals surface area contributed by atoms with Gasteiger partial charge in [0.05, 0.1) is 0 Å². The fourth-order valence-corrected chi connectivity index (χ4v) is 3.24. The maximum Gasteiger partial charge on any atom is 0.0240 e. The standard InChI is InChI=1S/C11H23N3/c1-2-6-14-10-4-3-5-11(14)8-9(7-10)13-12/h9-11,13H,2-8,12H2,1H3/t10-,11-/m1/s1. The van der Waals surface area contributed by atoms with E-state index in [1.807, 2.05) is 0 Å². The van der Waals surface area contributed by atoms with E-state index in [2.05, 4.69) is 17.2 Å². The predicted molar refractivity (Wildman–Crippen MR) is 58.8 cm³/mol. The number of nitrogens with two attached hydrogens (primary N) is 1. The second-order valence-corrected chi connectivity index (χ2v) is 4.81. The molecule has 2 atom stereocenters. The molecule has 0 aromatic carbocycles. The van der Waals surface area contributed by atoms with E-state index in [4.69, 9.17) is 5.84 Å². The van der Waals surface area contributed by atoms with E-state index < -0.39 is 0 Å². The summed E-state index contributed by atoms with van der Waals surface area (Å²) >= 11 is 0. The van der Waals surface area contributed by atoms with Crippen LogP contribution < -0.4 is 11.3 Å². The Morgan fingerprint density at radius 2 is 1.93 bits per heavy atom. The van der Waals surface area contributed by atoms with Gasteiger partial charge in [0.15, 0.2) is 0 Å². The first-order valence-corrected chi connectivity index (χ1v) is 6.07. The third-order valence-electron chi connectivity index (χ3n) is 3.84. The maximum atomic E-state index is 5.56. The Labute approximate surface area is 87.0 Å². The summed E-state index contributed by atoms with van der Waals surface area (Å²) in [5.74, 6) is 5.56. The van der Waals surface area contributed by atoms with Crippen LogP contribution in [0.25, 0.3) is 0 Å². The second-order valence-electron chi connectivity index (χ2n) is 4.81. The number of fused-ring (bicyclic) bond motifs is 2. The highest BCUT2D eigenvalue weighted by Crippen LogP contribution is 2.33. The van der Waals surface area contributed by atoms with E-state index in [0.717, 1.165) is 12.1 Å². The van der Waals surface area contributed by atoms with Gasteiger partial charge >= 0.3 is 0 Å². The van der Waals surface area contributed by atoms with Gasteiger partial charge in [0, 0.05) is 18.1 Å². The zero-order chi connectivity index (χ0) is 9.97. The van der Waals surface area contributed by atoms with Crippen molar-refractivity contribution in [1.29, 1.82) is 0 Å². The lowest BCUT2D eigenvalue weighted by Crippen LogP contribution is -2.57. The zero-order valence-electron chi connectivity index (χ0n) is 9.21. The normalized spacial score (nSPS) is 38.6. The molecule has 0 aromatic heterocycles. The molecule has 0 amide bonds. The van der Waals surface area contributed by atoms with Crippen molar-refractivity contribution in [1.82, 2.24) is 10.3 Å². The molecule has 2 fully saturated rings. The summed E-state index contributed by atoms with van der Waals surface area (Å²) in [4.78, 5) is 2.73. The van der Waals surface area contributed by atoms with E-state index in [1.54, 1.807) is 0 Å². The van der Waals surface area contributed by atoms with Gasteiger partial charge in [-0.3, -0.25) is 16.2 Å². The van der Waals surface area contributed by atoms with Crippen LogP contribution in [0.3, 0.4) is 0 Å². The van der Waals surface area contributed by atoms with Gasteiger partial charge in [-0.1, -0.05) is 13.3 Å². The first-order chi connectivity index (χ1) is 6.85. The molecule has 0 spiro atoms. The predicted octanol–water partition coefficient (Wildman–Crippen LogP) is 1.25. The zero-order valence-corrected chi connectivity index (χ0v) is 9.21. The van der Waals surface area contributed by atoms with E-state index in [9.17, 15) is 0 Å². The van der Waals surface area contributed by atoms with Gasteiger partial charge in [-0.15, -0.1) is 0 Å². The Balaban J connectivity index is 1.99. The largest absolute Gasteiger partial charge is 0.297 e. The van der Waals surface area contributed by atoms with Crippen LogP contribution in [0.5, 0.6) is 0 Å². The lowest BCUT2D eigenvalue weighted by atomic mass is 9.82. The molecule has 0 radical (unpaired) electrons. The SMILES string of the molecule is CCCN1[C@@H]2CCC[C@@H]1CC(NN)C2. The molecule has 3 nitrogen and oxygen atoms in total. The molecular formula is C11H23N3. The first kappa shape index (κ1) is 10.4. The second kappa shape index (κ2) is 4.60. The smallest absolute Gasteiger partial charge is 0.0240 e. The van der Waals surface area contributed by atoms with Crippen LogP contribution in [0.2, 0.25) is 0 Å². The third kappa shape index (κ3) is 1.95. The highest BCUT2D eigenvalue weighted by Gasteiger charge is 2.36. The molecule has 3 heteroatoms. The average molecular weight is 197 g/mol. The summed E-state index contributed by atoms with van der Waals surface area (Å²) in [5.41, 5.74) is 2.97. The molecule has 82 valence electrons. The summed E-state index contributed by atoms with van der Waals surface area (Å²) in [7, 11) is 0. The van der Waals surface area contributed by atoms with Crippen molar-refractivity contribution in [3.05, 3.63) is 0 Å². The van der Waals surface area contributed by atoms with Crippen molar-refractivity contribution >= 4 is 0 Å². The van der Waals surface area contributed by atoms with E-state index in [1.165, 1.54) is 45.1 Å². The summed E-state index contributed by atoms with van der Waals surface area (Å²) < 4.78 is 0. The molecule has 0 aliphatic carbocycles. The van der Waals surface area contributed by atoms with Crippen LogP contribution in [0.1, 0.15) is 45.4 Å². The van der Waals surface area contributed by atoms with E-state index in [-0.39, 0.29) is 0 Å². The summed E-state index contributed by atoms with van der Waals surface area (Å²) in [5, 5.41) is 0.